The zero-order chi connectivity index (χ0) is 19.9. The summed E-state index contributed by atoms with van der Waals surface area (Å²) in [5.41, 5.74) is 1.50. The van der Waals surface area contributed by atoms with E-state index in [0.717, 1.165) is 24.2 Å². The molecule has 0 aliphatic rings. The number of hydrogen-bond acceptors (Lipinski definition) is 6. The molecule has 0 fully saturated rings. The van der Waals surface area contributed by atoms with Gasteiger partial charge in [0.15, 0.2) is 11.5 Å². The van der Waals surface area contributed by atoms with Crippen LogP contribution in [0.3, 0.4) is 0 Å². The van der Waals surface area contributed by atoms with Crippen LogP contribution in [0.15, 0.2) is 36.4 Å². The fourth-order valence-corrected chi connectivity index (χ4v) is 2.90. The second kappa shape index (κ2) is 9.16. The van der Waals surface area contributed by atoms with Gasteiger partial charge in [-0.25, -0.2) is 0 Å². The Kier molecular flexibility index (Phi) is 6.41. The molecule has 0 bridgehead atoms. The minimum atomic E-state index is 0.0542. The Morgan fingerprint density at radius 1 is 1.11 bits per heavy atom. The Morgan fingerprint density at radius 3 is 2.54 bits per heavy atom. The van der Waals surface area contributed by atoms with Crippen molar-refractivity contribution in [1.82, 2.24) is 25.1 Å². The zero-order valence-corrected chi connectivity index (χ0v) is 16.4. The van der Waals surface area contributed by atoms with Crippen molar-refractivity contribution in [3.05, 3.63) is 36.4 Å². The number of carbonyl (C=O) groups is 1. The first-order chi connectivity index (χ1) is 13.7. The van der Waals surface area contributed by atoms with Crippen LogP contribution in [0.5, 0.6) is 11.6 Å². The van der Waals surface area contributed by atoms with Crippen molar-refractivity contribution in [2.24, 2.45) is 5.92 Å². The second-order valence-electron chi connectivity index (χ2n) is 6.35. The number of carbonyl (C=O) groups excluding carboxylic acids is 1. The average molecular weight is 383 g/mol. The highest BCUT2D eigenvalue weighted by Crippen LogP contribution is 2.21. The molecular formula is C20H25N5O3. The number of amides is 1. The van der Waals surface area contributed by atoms with Crippen LogP contribution in [0, 0.1) is 5.92 Å². The number of hydrogen-bond donors (Lipinski definition) is 1. The van der Waals surface area contributed by atoms with Gasteiger partial charge >= 0.3 is 0 Å². The number of aromatic nitrogens is 4. The van der Waals surface area contributed by atoms with E-state index < -0.39 is 0 Å². The van der Waals surface area contributed by atoms with E-state index in [1.54, 1.807) is 23.8 Å². The molecule has 0 saturated heterocycles. The Balaban J connectivity index is 1.66. The topological polar surface area (TPSA) is 90.6 Å². The maximum Gasteiger partial charge on any atom is 0.231 e. The summed E-state index contributed by atoms with van der Waals surface area (Å²) in [5, 5.41) is 15.7. The van der Waals surface area contributed by atoms with Crippen molar-refractivity contribution in [2.75, 3.05) is 20.3 Å². The lowest BCUT2D eigenvalue weighted by molar-refractivity contribution is -0.125. The first-order valence-electron chi connectivity index (χ1n) is 9.43. The van der Waals surface area contributed by atoms with Crippen molar-refractivity contribution >= 4 is 11.6 Å². The van der Waals surface area contributed by atoms with Gasteiger partial charge in [-0.3, -0.25) is 4.79 Å². The lowest BCUT2D eigenvalue weighted by Crippen LogP contribution is -2.33. The Labute approximate surface area is 163 Å². The number of nitrogens with one attached hydrogen (secondary N) is 1. The van der Waals surface area contributed by atoms with E-state index in [2.05, 4.69) is 20.6 Å². The molecule has 2 heterocycles. The van der Waals surface area contributed by atoms with Gasteiger partial charge < -0.3 is 14.8 Å². The Hall–Kier alpha value is -3.16. The largest absolute Gasteiger partial charge is 0.497 e. The summed E-state index contributed by atoms with van der Waals surface area (Å²) in [6.07, 6.45) is 1.67. The van der Waals surface area contributed by atoms with Gasteiger partial charge in [-0.15, -0.1) is 15.3 Å². The van der Waals surface area contributed by atoms with Crippen molar-refractivity contribution in [1.29, 1.82) is 0 Å². The monoisotopic (exact) mass is 383 g/mol. The zero-order valence-electron chi connectivity index (χ0n) is 16.4. The van der Waals surface area contributed by atoms with Gasteiger partial charge in [-0.05, 0) is 43.2 Å². The van der Waals surface area contributed by atoms with E-state index in [9.17, 15) is 4.79 Å². The quantitative estimate of drug-likeness (QED) is 0.572. The van der Waals surface area contributed by atoms with Gasteiger partial charge in [-0.2, -0.15) is 4.52 Å². The van der Waals surface area contributed by atoms with Gasteiger partial charge in [0, 0.05) is 17.5 Å². The number of nitrogens with zero attached hydrogens (tertiary/aromatic N) is 4. The van der Waals surface area contributed by atoms with Gasteiger partial charge in [0.2, 0.25) is 11.8 Å². The third-order valence-electron chi connectivity index (χ3n) is 4.59. The number of fused-ring (bicyclic) bond motifs is 1. The van der Waals surface area contributed by atoms with Crippen molar-refractivity contribution in [3.8, 4) is 23.0 Å². The van der Waals surface area contributed by atoms with E-state index in [0.29, 0.717) is 30.5 Å². The molecule has 3 rings (SSSR count). The van der Waals surface area contributed by atoms with E-state index in [-0.39, 0.29) is 11.8 Å². The maximum absolute atomic E-state index is 12.0. The molecule has 0 aliphatic carbocycles. The normalized spacial score (nSPS) is 11.0. The third kappa shape index (κ3) is 4.39. The van der Waals surface area contributed by atoms with Crippen molar-refractivity contribution in [3.63, 3.8) is 0 Å². The molecule has 0 saturated carbocycles. The molecule has 3 aromatic rings. The van der Waals surface area contributed by atoms with Crippen LogP contribution < -0.4 is 14.8 Å². The molecule has 0 aliphatic heterocycles. The molecule has 0 unspecified atom stereocenters. The van der Waals surface area contributed by atoms with Crippen LogP contribution in [0.4, 0.5) is 0 Å². The summed E-state index contributed by atoms with van der Waals surface area (Å²) in [7, 11) is 1.62. The van der Waals surface area contributed by atoms with Crippen molar-refractivity contribution < 1.29 is 14.3 Å². The van der Waals surface area contributed by atoms with Crippen LogP contribution in [-0.4, -0.2) is 46.0 Å². The first-order valence-corrected chi connectivity index (χ1v) is 9.43. The maximum atomic E-state index is 12.0. The number of benzene rings is 1. The highest BCUT2D eigenvalue weighted by Gasteiger charge is 2.13. The summed E-state index contributed by atoms with van der Waals surface area (Å²) in [5.74, 6) is 1.95. The molecule has 0 radical (unpaired) electrons. The van der Waals surface area contributed by atoms with Gasteiger partial charge in [-0.1, -0.05) is 13.8 Å². The van der Waals surface area contributed by atoms with E-state index >= 15 is 0 Å². The van der Waals surface area contributed by atoms with E-state index in [1.807, 2.05) is 38.1 Å². The minimum absolute atomic E-state index is 0.0542. The summed E-state index contributed by atoms with van der Waals surface area (Å²) in [6, 6.07) is 11.1. The molecule has 0 spiro atoms. The van der Waals surface area contributed by atoms with Crippen LogP contribution in [-0.2, 0) is 4.79 Å². The van der Waals surface area contributed by atoms with Crippen LogP contribution in [0.1, 0.15) is 26.7 Å². The highest BCUT2D eigenvalue weighted by atomic mass is 16.5. The molecule has 1 amide bonds. The molecule has 8 heteroatoms. The summed E-state index contributed by atoms with van der Waals surface area (Å²) in [6.45, 7) is 4.80. The Morgan fingerprint density at radius 2 is 1.86 bits per heavy atom. The van der Waals surface area contributed by atoms with E-state index in [4.69, 9.17) is 9.47 Å². The van der Waals surface area contributed by atoms with Crippen molar-refractivity contribution in [2.45, 2.75) is 26.7 Å². The molecule has 1 aromatic carbocycles. The summed E-state index contributed by atoms with van der Waals surface area (Å²) in [4.78, 5) is 12.0. The Bertz CT molecular complexity index is 919. The standard InChI is InChI=1S/C20H25N5O3/c1-4-14(5-2)20(26)21-12-13-28-18-11-10-17-22-23-19(25(17)24-18)15-6-8-16(27-3)9-7-15/h6-11,14H,4-5,12-13H2,1-3H3,(H,21,26). The lowest BCUT2D eigenvalue weighted by atomic mass is 10.0. The fraction of sp³-hybridized carbons (Fsp3) is 0.400. The molecule has 2 aromatic heterocycles. The predicted molar refractivity (Wildman–Crippen MR) is 105 cm³/mol. The third-order valence-corrected chi connectivity index (χ3v) is 4.59. The van der Waals surface area contributed by atoms with Crippen LogP contribution in [0.2, 0.25) is 0 Å². The van der Waals surface area contributed by atoms with Crippen LogP contribution >= 0.6 is 0 Å². The van der Waals surface area contributed by atoms with Gasteiger partial charge in [0.25, 0.3) is 0 Å². The first kappa shape index (κ1) is 19.6. The highest BCUT2D eigenvalue weighted by molar-refractivity contribution is 5.78. The average Bonchev–Trinajstić information content (AvgIpc) is 3.15. The molecule has 1 N–H and O–H groups in total. The molecule has 8 nitrogen and oxygen atoms in total. The predicted octanol–water partition coefficient (Wildman–Crippen LogP) is 2.73. The fourth-order valence-electron chi connectivity index (χ4n) is 2.90. The molecule has 148 valence electrons. The van der Waals surface area contributed by atoms with Gasteiger partial charge in [0.1, 0.15) is 12.4 Å². The number of ether oxygens (including phenoxy) is 2. The van der Waals surface area contributed by atoms with E-state index in [1.165, 1.54) is 0 Å². The lowest BCUT2D eigenvalue weighted by Gasteiger charge is -2.13. The summed E-state index contributed by atoms with van der Waals surface area (Å²) >= 11 is 0. The van der Waals surface area contributed by atoms with Crippen LogP contribution in [0.25, 0.3) is 17.0 Å². The molecule has 28 heavy (non-hydrogen) atoms. The number of methoxy groups -OCH3 is 1. The summed E-state index contributed by atoms with van der Waals surface area (Å²) < 4.78 is 12.5. The number of rotatable bonds is 9. The SMILES string of the molecule is CCC(CC)C(=O)NCCOc1ccc2nnc(-c3ccc(OC)cc3)n2n1. The second-order valence-corrected chi connectivity index (χ2v) is 6.35. The smallest absolute Gasteiger partial charge is 0.231 e. The molecular weight excluding hydrogens is 358 g/mol. The van der Waals surface area contributed by atoms with Gasteiger partial charge in [0.05, 0.1) is 13.7 Å². The molecule has 0 atom stereocenters. The minimum Gasteiger partial charge on any atom is -0.497 e.